The van der Waals surface area contributed by atoms with Crippen molar-refractivity contribution >= 4 is 23.2 Å². The van der Waals surface area contributed by atoms with Gasteiger partial charge in [0.1, 0.15) is 0 Å². The van der Waals surface area contributed by atoms with Crippen molar-refractivity contribution in [2.75, 3.05) is 12.4 Å². The lowest BCUT2D eigenvalue weighted by molar-refractivity contribution is -0.384. The average Bonchev–Trinajstić information content (AvgIpc) is 2.54. The Hall–Kier alpha value is -3.22. The van der Waals surface area contributed by atoms with Crippen LogP contribution in [0.4, 0.5) is 11.4 Å². The molecule has 0 radical (unpaired) electrons. The van der Waals surface area contributed by atoms with Crippen LogP contribution in [0.1, 0.15) is 20.7 Å². The molecule has 0 unspecified atom stereocenters. The molecule has 0 aliphatic carbocycles. The van der Waals surface area contributed by atoms with Crippen LogP contribution in [0.5, 0.6) is 0 Å². The summed E-state index contributed by atoms with van der Waals surface area (Å²) >= 11 is 0. The van der Waals surface area contributed by atoms with Crippen LogP contribution < -0.4 is 10.6 Å². The zero-order valence-corrected chi connectivity index (χ0v) is 11.7. The summed E-state index contributed by atoms with van der Waals surface area (Å²) in [5.74, 6) is -0.687. The van der Waals surface area contributed by atoms with Gasteiger partial charge < -0.3 is 10.6 Å². The van der Waals surface area contributed by atoms with Crippen molar-refractivity contribution in [2.45, 2.75) is 0 Å². The van der Waals surface area contributed by atoms with Gasteiger partial charge in [0.05, 0.1) is 4.92 Å². The lowest BCUT2D eigenvalue weighted by Crippen LogP contribution is -2.17. The summed E-state index contributed by atoms with van der Waals surface area (Å²) in [5, 5.41) is 15.8. The van der Waals surface area contributed by atoms with Crippen LogP contribution in [0.2, 0.25) is 0 Å². The van der Waals surface area contributed by atoms with E-state index in [1.165, 1.54) is 31.3 Å². The molecule has 2 rings (SSSR count). The summed E-state index contributed by atoms with van der Waals surface area (Å²) in [5.41, 5.74) is 0.993. The number of nitro benzene ring substituents is 1. The van der Waals surface area contributed by atoms with E-state index in [0.29, 0.717) is 11.3 Å². The first-order valence-electron chi connectivity index (χ1n) is 6.39. The Bertz CT molecular complexity index is 726. The Kier molecular flexibility index (Phi) is 4.47. The van der Waals surface area contributed by atoms with Crippen molar-refractivity contribution in [3.8, 4) is 0 Å². The van der Waals surface area contributed by atoms with E-state index < -0.39 is 10.8 Å². The molecular formula is C15H13N3O4. The second-order valence-corrected chi connectivity index (χ2v) is 4.42. The van der Waals surface area contributed by atoms with Crippen LogP contribution in [-0.4, -0.2) is 23.8 Å². The number of nitro groups is 1. The van der Waals surface area contributed by atoms with E-state index in [4.69, 9.17) is 0 Å². The number of carbonyl (C=O) groups excluding carboxylic acids is 2. The predicted octanol–water partition coefficient (Wildman–Crippen LogP) is 2.21. The van der Waals surface area contributed by atoms with Gasteiger partial charge in [0.2, 0.25) is 0 Å². The monoisotopic (exact) mass is 299 g/mol. The number of rotatable bonds is 4. The van der Waals surface area contributed by atoms with Crippen molar-refractivity contribution in [1.29, 1.82) is 0 Å². The third-order valence-electron chi connectivity index (χ3n) is 2.95. The van der Waals surface area contributed by atoms with E-state index in [0.717, 1.165) is 0 Å². The molecule has 2 aromatic rings. The first-order chi connectivity index (χ1) is 10.5. The Morgan fingerprint density at radius 2 is 1.68 bits per heavy atom. The van der Waals surface area contributed by atoms with Crippen molar-refractivity contribution in [3.05, 3.63) is 69.8 Å². The molecule has 7 heteroatoms. The summed E-state index contributed by atoms with van der Waals surface area (Å²) in [7, 11) is 1.53. The quantitative estimate of drug-likeness (QED) is 0.667. The number of carbonyl (C=O) groups is 2. The lowest BCUT2D eigenvalue weighted by Gasteiger charge is -2.06. The summed E-state index contributed by atoms with van der Waals surface area (Å²) < 4.78 is 0. The van der Waals surface area contributed by atoms with E-state index in [-0.39, 0.29) is 17.2 Å². The topological polar surface area (TPSA) is 101 Å². The summed E-state index contributed by atoms with van der Waals surface area (Å²) in [6.07, 6.45) is 0. The maximum absolute atomic E-state index is 12.1. The normalized spacial score (nSPS) is 9.86. The number of nitrogens with zero attached hydrogens (tertiary/aromatic N) is 1. The standard InChI is InChI=1S/C15H13N3O4/c1-16-14(19)10-5-7-12(8-6-10)17-15(20)11-3-2-4-13(9-11)18(21)22/h2-9H,1H3,(H,16,19)(H,17,20). The van der Waals surface area contributed by atoms with Crippen LogP contribution in [0, 0.1) is 10.1 Å². The Morgan fingerprint density at radius 1 is 1.00 bits per heavy atom. The molecule has 0 aliphatic heterocycles. The predicted molar refractivity (Wildman–Crippen MR) is 80.9 cm³/mol. The van der Waals surface area contributed by atoms with Crippen LogP contribution >= 0.6 is 0 Å². The van der Waals surface area contributed by atoms with Crippen LogP contribution in [0.25, 0.3) is 0 Å². The third kappa shape index (κ3) is 3.45. The number of nitrogens with one attached hydrogen (secondary N) is 2. The lowest BCUT2D eigenvalue weighted by atomic mass is 10.1. The van der Waals surface area contributed by atoms with Crippen LogP contribution in [-0.2, 0) is 0 Å². The molecule has 0 heterocycles. The molecule has 0 aromatic heterocycles. The molecule has 2 amide bonds. The van der Waals surface area contributed by atoms with Gasteiger partial charge in [-0.1, -0.05) is 6.07 Å². The highest BCUT2D eigenvalue weighted by molar-refractivity contribution is 6.05. The van der Waals surface area contributed by atoms with Crippen molar-refractivity contribution in [2.24, 2.45) is 0 Å². The number of benzene rings is 2. The highest BCUT2D eigenvalue weighted by atomic mass is 16.6. The highest BCUT2D eigenvalue weighted by Gasteiger charge is 2.12. The van der Waals surface area contributed by atoms with Gasteiger partial charge in [-0.15, -0.1) is 0 Å². The van der Waals surface area contributed by atoms with Gasteiger partial charge in [-0.3, -0.25) is 19.7 Å². The van der Waals surface area contributed by atoms with E-state index in [9.17, 15) is 19.7 Å². The van der Waals surface area contributed by atoms with Crippen molar-refractivity contribution in [3.63, 3.8) is 0 Å². The second-order valence-electron chi connectivity index (χ2n) is 4.42. The van der Waals surface area contributed by atoms with E-state index in [1.54, 1.807) is 24.3 Å². The summed E-state index contributed by atoms with van der Waals surface area (Å²) in [6, 6.07) is 11.8. The SMILES string of the molecule is CNC(=O)c1ccc(NC(=O)c2cccc([N+](=O)[O-])c2)cc1. The van der Waals surface area contributed by atoms with Gasteiger partial charge >= 0.3 is 0 Å². The van der Waals surface area contributed by atoms with Gasteiger partial charge in [-0.2, -0.15) is 0 Å². The maximum Gasteiger partial charge on any atom is 0.270 e. The molecule has 7 nitrogen and oxygen atoms in total. The van der Waals surface area contributed by atoms with E-state index >= 15 is 0 Å². The minimum atomic E-state index is -0.561. The molecule has 112 valence electrons. The Labute approximate surface area is 126 Å². The van der Waals surface area contributed by atoms with Gasteiger partial charge in [0.15, 0.2) is 0 Å². The number of non-ortho nitro benzene ring substituents is 1. The smallest absolute Gasteiger partial charge is 0.270 e. The zero-order valence-electron chi connectivity index (χ0n) is 11.7. The maximum atomic E-state index is 12.1. The van der Waals surface area contributed by atoms with E-state index in [1.807, 2.05) is 0 Å². The van der Waals surface area contributed by atoms with Crippen molar-refractivity contribution in [1.82, 2.24) is 5.32 Å². The average molecular weight is 299 g/mol. The fourth-order valence-electron chi connectivity index (χ4n) is 1.81. The van der Waals surface area contributed by atoms with Crippen LogP contribution in [0.3, 0.4) is 0 Å². The Balaban J connectivity index is 2.13. The largest absolute Gasteiger partial charge is 0.355 e. The molecule has 0 saturated carbocycles. The second kappa shape index (κ2) is 6.49. The first-order valence-corrected chi connectivity index (χ1v) is 6.39. The molecule has 0 spiro atoms. The number of hydrogen-bond donors (Lipinski definition) is 2. The molecule has 0 fully saturated rings. The molecule has 0 aliphatic rings. The molecule has 0 bridgehead atoms. The zero-order chi connectivity index (χ0) is 16.1. The molecule has 2 N–H and O–H groups in total. The first kappa shape index (κ1) is 15.2. The Morgan fingerprint density at radius 3 is 2.27 bits per heavy atom. The van der Waals surface area contributed by atoms with Gasteiger partial charge in [0, 0.05) is 36.0 Å². The van der Waals surface area contributed by atoms with Crippen LogP contribution in [0.15, 0.2) is 48.5 Å². The van der Waals surface area contributed by atoms with Gasteiger partial charge in [-0.05, 0) is 30.3 Å². The fraction of sp³-hybridized carbons (Fsp3) is 0.0667. The third-order valence-corrected chi connectivity index (χ3v) is 2.95. The van der Waals surface area contributed by atoms with Gasteiger partial charge in [-0.25, -0.2) is 0 Å². The highest BCUT2D eigenvalue weighted by Crippen LogP contribution is 2.15. The van der Waals surface area contributed by atoms with E-state index in [2.05, 4.69) is 10.6 Å². The summed E-state index contributed by atoms with van der Waals surface area (Å²) in [6.45, 7) is 0. The number of hydrogen-bond acceptors (Lipinski definition) is 4. The molecule has 22 heavy (non-hydrogen) atoms. The van der Waals surface area contributed by atoms with Gasteiger partial charge in [0.25, 0.3) is 17.5 Å². The molecule has 2 aromatic carbocycles. The molecular weight excluding hydrogens is 286 g/mol. The molecule has 0 saturated heterocycles. The number of anilines is 1. The fourth-order valence-corrected chi connectivity index (χ4v) is 1.81. The van der Waals surface area contributed by atoms with Crippen molar-refractivity contribution < 1.29 is 14.5 Å². The number of amides is 2. The molecule has 0 atom stereocenters. The minimum absolute atomic E-state index is 0.150. The summed E-state index contributed by atoms with van der Waals surface area (Å²) in [4.78, 5) is 33.6. The minimum Gasteiger partial charge on any atom is -0.355 e.